The van der Waals surface area contributed by atoms with Gasteiger partial charge in [-0.1, -0.05) is 24.6 Å². The normalized spacial score (nSPS) is 17.8. The maximum atomic E-state index is 5.85. The molecule has 2 atom stereocenters. The van der Waals surface area contributed by atoms with E-state index in [9.17, 15) is 0 Å². The molecule has 1 saturated carbocycles. The van der Waals surface area contributed by atoms with Crippen molar-refractivity contribution in [2.24, 2.45) is 5.92 Å². The maximum absolute atomic E-state index is 5.85. The van der Waals surface area contributed by atoms with Crippen molar-refractivity contribution >= 4 is 0 Å². The van der Waals surface area contributed by atoms with E-state index in [-0.39, 0.29) is 0 Å². The molecule has 1 aliphatic rings. The minimum absolute atomic E-state index is 0.358. The summed E-state index contributed by atoms with van der Waals surface area (Å²) in [5, 5.41) is 3.73. The molecule has 0 amide bonds. The van der Waals surface area contributed by atoms with Crippen molar-refractivity contribution < 1.29 is 4.74 Å². The van der Waals surface area contributed by atoms with Gasteiger partial charge in [-0.15, -0.1) is 0 Å². The van der Waals surface area contributed by atoms with Crippen LogP contribution in [0.3, 0.4) is 0 Å². The number of ether oxygens (including phenoxy) is 1. The van der Waals surface area contributed by atoms with E-state index in [1.165, 1.54) is 41.5 Å². The molecule has 0 bridgehead atoms. The molecule has 2 unspecified atom stereocenters. The Balaban J connectivity index is 2.17. The lowest BCUT2D eigenvalue weighted by Gasteiger charge is -2.28. The average Bonchev–Trinajstić information content (AvgIpc) is 3.24. The number of hydrogen-bond acceptors (Lipinski definition) is 2. The van der Waals surface area contributed by atoms with Crippen LogP contribution in [0.15, 0.2) is 12.1 Å². The van der Waals surface area contributed by atoms with Gasteiger partial charge in [-0.05, 0) is 75.6 Å². The molecule has 0 spiro atoms. The van der Waals surface area contributed by atoms with E-state index in [2.05, 4.69) is 45.1 Å². The van der Waals surface area contributed by atoms with Crippen LogP contribution in [-0.4, -0.2) is 25.8 Å². The molecule has 2 rings (SSSR count). The zero-order chi connectivity index (χ0) is 15.4. The predicted molar refractivity (Wildman–Crippen MR) is 90.0 cm³/mol. The molecule has 0 radical (unpaired) electrons. The second-order valence-corrected chi connectivity index (χ2v) is 6.68. The molecule has 0 heterocycles. The first-order chi connectivity index (χ1) is 10.1. The van der Waals surface area contributed by atoms with Crippen molar-refractivity contribution in [2.45, 2.75) is 65.5 Å². The van der Waals surface area contributed by atoms with Gasteiger partial charge in [0.05, 0.1) is 6.10 Å². The summed E-state index contributed by atoms with van der Waals surface area (Å²) in [5.74, 6) is 0.760. The van der Waals surface area contributed by atoms with Gasteiger partial charge in [-0.25, -0.2) is 0 Å². The fourth-order valence-electron chi connectivity index (χ4n) is 3.50. The number of rotatable bonds is 8. The molecule has 1 aromatic carbocycles. The molecule has 21 heavy (non-hydrogen) atoms. The highest BCUT2D eigenvalue weighted by Gasteiger charge is 2.36. The van der Waals surface area contributed by atoms with E-state index in [0.29, 0.717) is 12.1 Å². The standard InChI is InChI=1S/C19H31NO/c1-6-9-20-18(19(21-5)16-7-8-16)12-17-14(3)10-13(2)11-15(17)4/h10-11,16,18-20H,6-9,12H2,1-5H3. The minimum atomic E-state index is 0.358. The summed E-state index contributed by atoms with van der Waals surface area (Å²) in [7, 11) is 1.87. The Labute approximate surface area is 130 Å². The summed E-state index contributed by atoms with van der Waals surface area (Å²) in [6.07, 6.45) is 5.26. The Morgan fingerprint density at radius 3 is 2.29 bits per heavy atom. The van der Waals surface area contributed by atoms with E-state index >= 15 is 0 Å². The van der Waals surface area contributed by atoms with Gasteiger partial charge in [-0.2, -0.15) is 0 Å². The Bertz CT molecular complexity index is 442. The predicted octanol–water partition coefficient (Wildman–Crippen LogP) is 3.95. The number of hydrogen-bond donors (Lipinski definition) is 1. The van der Waals surface area contributed by atoms with Crippen LogP contribution in [0.5, 0.6) is 0 Å². The molecular formula is C19H31NO. The summed E-state index contributed by atoms with van der Waals surface area (Å²) in [5.41, 5.74) is 5.69. The number of aryl methyl sites for hydroxylation is 3. The van der Waals surface area contributed by atoms with Crippen LogP contribution in [0.4, 0.5) is 0 Å². The first-order valence-corrected chi connectivity index (χ1v) is 8.39. The van der Waals surface area contributed by atoms with Gasteiger partial charge < -0.3 is 10.1 Å². The molecule has 2 nitrogen and oxygen atoms in total. The Morgan fingerprint density at radius 1 is 1.19 bits per heavy atom. The zero-order valence-electron chi connectivity index (χ0n) is 14.3. The average molecular weight is 289 g/mol. The largest absolute Gasteiger partial charge is 0.380 e. The minimum Gasteiger partial charge on any atom is -0.380 e. The van der Waals surface area contributed by atoms with Crippen LogP contribution in [0.1, 0.15) is 48.4 Å². The molecule has 1 aromatic rings. The quantitative estimate of drug-likeness (QED) is 0.782. The van der Waals surface area contributed by atoms with Gasteiger partial charge in [0.2, 0.25) is 0 Å². The molecule has 1 N–H and O–H groups in total. The summed E-state index contributed by atoms with van der Waals surface area (Å²) in [4.78, 5) is 0. The third kappa shape index (κ3) is 4.31. The Morgan fingerprint density at radius 2 is 1.81 bits per heavy atom. The summed E-state index contributed by atoms with van der Waals surface area (Å²) in [6.45, 7) is 9.96. The van der Waals surface area contributed by atoms with Crippen LogP contribution in [-0.2, 0) is 11.2 Å². The Kier molecular flexibility index (Phi) is 5.83. The van der Waals surface area contributed by atoms with Crippen LogP contribution in [0.2, 0.25) is 0 Å². The van der Waals surface area contributed by atoms with Crippen LogP contribution >= 0.6 is 0 Å². The fourth-order valence-corrected chi connectivity index (χ4v) is 3.50. The molecule has 118 valence electrons. The van der Waals surface area contributed by atoms with E-state index < -0.39 is 0 Å². The molecule has 0 aromatic heterocycles. The summed E-state index contributed by atoms with van der Waals surface area (Å²) < 4.78 is 5.85. The van der Waals surface area contributed by atoms with Crippen molar-refractivity contribution in [3.05, 3.63) is 34.4 Å². The Hall–Kier alpha value is -0.860. The third-order valence-corrected chi connectivity index (χ3v) is 4.68. The SMILES string of the molecule is CCCNC(Cc1c(C)cc(C)cc1C)C(OC)C1CC1. The highest BCUT2D eigenvalue weighted by molar-refractivity contribution is 5.38. The fraction of sp³-hybridized carbons (Fsp3) is 0.684. The molecule has 2 heteroatoms. The van der Waals surface area contributed by atoms with Gasteiger partial charge in [0.1, 0.15) is 0 Å². The smallest absolute Gasteiger partial charge is 0.0755 e. The summed E-state index contributed by atoms with van der Waals surface area (Å²) in [6, 6.07) is 5.04. The maximum Gasteiger partial charge on any atom is 0.0755 e. The number of nitrogens with one attached hydrogen (secondary N) is 1. The van der Waals surface area contributed by atoms with Crippen molar-refractivity contribution in [1.29, 1.82) is 0 Å². The van der Waals surface area contributed by atoms with Gasteiger partial charge in [0.15, 0.2) is 0 Å². The lowest BCUT2D eigenvalue weighted by Crippen LogP contribution is -2.44. The highest BCUT2D eigenvalue weighted by atomic mass is 16.5. The lowest BCUT2D eigenvalue weighted by atomic mass is 9.91. The molecule has 0 aliphatic heterocycles. The molecule has 1 aliphatic carbocycles. The topological polar surface area (TPSA) is 21.3 Å². The second kappa shape index (κ2) is 7.42. The lowest BCUT2D eigenvalue weighted by molar-refractivity contribution is 0.0510. The number of methoxy groups -OCH3 is 1. The van der Waals surface area contributed by atoms with Crippen LogP contribution < -0.4 is 5.32 Å². The van der Waals surface area contributed by atoms with Crippen molar-refractivity contribution in [3.63, 3.8) is 0 Å². The van der Waals surface area contributed by atoms with E-state index in [0.717, 1.165) is 18.9 Å². The van der Waals surface area contributed by atoms with Gasteiger partial charge in [-0.3, -0.25) is 0 Å². The monoisotopic (exact) mass is 289 g/mol. The van der Waals surface area contributed by atoms with Crippen molar-refractivity contribution in [3.8, 4) is 0 Å². The van der Waals surface area contributed by atoms with Gasteiger partial charge in [0, 0.05) is 13.2 Å². The van der Waals surface area contributed by atoms with E-state index in [1.54, 1.807) is 0 Å². The first-order valence-electron chi connectivity index (χ1n) is 8.39. The summed E-state index contributed by atoms with van der Waals surface area (Å²) >= 11 is 0. The first kappa shape index (κ1) is 16.5. The van der Waals surface area contributed by atoms with Crippen LogP contribution in [0, 0.1) is 26.7 Å². The highest BCUT2D eigenvalue weighted by Crippen LogP contribution is 2.36. The van der Waals surface area contributed by atoms with E-state index in [4.69, 9.17) is 4.74 Å². The van der Waals surface area contributed by atoms with Crippen molar-refractivity contribution in [2.75, 3.05) is 13.7 Å². The molecule has 1 fully saturated rings. The number of benzene rings is 1. The van der Waals surface area contributed by atoms with Crippen LogP contribution in [0.25, 0.3) is 0 Å². The second-order valence-electron chi connectivity index (χ2n) is 6.68. The third-order valence-electron chi connectivity index (χ3n) is 4.68. The van der Waals surface area contributed by atoms with Crippen molar-refractivity contribution in [1.82, 2.24) is 5.32 Å². The van der Waals surface area contributed by atoms with Gasteiger partial charge in [0.25, 0.3) is 0 Å². The van der Waals surface area contributed by atoms with E-state index in [1.807, 2.05) is 7.11 Å². The molecule has 0 saturated heterocycles. The molecular weight excluding hydrogens is 258 g/mol. The van der Waals surface area contributed by atoms with Gasteiger partial charge >= 0.3 is 0 Å². The zero-order valence-corrected chi connectivity index (χ0v) is 14.3.